The summed E-state index contributed by atoms with van der Waals surface area (Å²) in [4.78, 5) is 0. The van der Waals surface area contributed by atoms with Crippen LogP contribution in [-0.4, -0.2) is 51.9 Å². The average Bonchev–Trinajstić information content (AvgIpc) is 2.22. The summed E-state index contributed by atoms with van der Waals surface area (Å²) in [6.07, 6.45) is 0. The Morgan fingerprint density at radius 1 is 1.07 bits per heavy atom. The number of nitrogens with two attached hydrogens (primary N) is 4. The fourth-order valence-electron chi connectivity index (χ4n) is 2.49. The van der Waals surface area contributed by atoms with Gasteiger partial charge in [-0.25, -0.2) is 0 Å². The summed E-state index contributed by atoms with van der Waals surface area (Å²) in [7, 11) is 0. The minimum atomic E-state index is 0.828. The summed E-state index contributed by atoms with van der Waals surface area (Å²) in [6, 6.07) is 0.828. The maximum atomic E-state index is 2.53. The van der Waals surface area contributed by atoms with Crippen molar-refractivity contribution in [3.63, 3.8) is 0 Å². The predicted octanol–water partition coefficient (Wildman–Crippen LogP) is -4.72. The summed E-state index contributed by atoms with van der Waals surface area (Å²) in [5, 5.41) is 9.98. The highest BCUT2D eigenvalue weighted by Gasteiger charge is 2.29. The molecule has 2 atom stereocenters. The Hall–Kier alpha value is -0.160. The third kappa shape index (κ3) is 4.93. The van der Waals surface area contributed by atoms with Crippen LogP contribution in [-0.2, 0) is 0 Å². The van der Waals surface area contributed by atoms with Gasteiger partial charge >= 0.3 is 0 Å². The van der Waals surface area contributed by atoms with E-state index in [9.17, 15) is 0 Å². The molecule has 1 fully saturated rings. The van der Waals surface area contributed by atoms with Crippen LogP contribution in [0, 0.1) is 5.92 Å². The van der Waals surface area contributed by atoms with E-state index in [2.05, 4.69) is 35.1 Å². The SMILES string of the molecule is CC[NH2+]C[C@H]1C[NH2+]CC[NH2+]C[C@@H]1[NH2+]CC. The van der Waals surface area contributed by atoms with E-state index in [4.69, 9.17) is 0 Å². The zero-order chi connectivity index (χ0) is 10.9. The van der Waals surface area contributed by atoms with E-state index in [0.717, 1.165) is 12.0 Å². The lowest BCUT2D eigenvalue weighted by Crippen LogP contribution is -3.07. The molecule has 4 heteroatoms. The number of rotatable bonds is 5. The molecule has 0 amide bonds. The third-order valence-corrected chi connectivity index (χ3v) is 3.39. The molecule has 0 saturated carbocycles. The molecule has 4 nitrogen and oxygen atoms in total. The van der Waals surface area contributed by atoms with Crippen LogP contribution in [0.25, 0.3) is 0 Å². The molecular weight excluding hydrogens is 188 g/mol. The molecule has 8 N–H and O–H groups in total. The van der Waals surface area contributed by atoms with E-state index in [1.807, 2.05) is 0 Å². The first kappa shape index (κ1) is 12.9. The number of hydrogen-bond acceptors (Lipinski definition) is 0. The van der Waals surface area contributed by atoms with Crippen LogP contribution in [0.5, 0.6) is 0 Å². The molecule has 1 saturated heterocycles. The Balaban J connectivity index is 2.40. The third-order valence-electron chi connectivity index (χ3n) is 3.39. The minimum Gasteiger partial charge on any atom is -0.346 e. The quantitative estimate of drug-likeness (QED) is 0.358. The Kier molecular flexibility index (Phi) is 6.92. The normalized spacial score (nSPS) is 28.4. The highest BCUT2D eigenvalue weighted by atomic mass is 15.0. The maximum absolute atomic E-state index is 2.53. The van der Waals surface area contributed by atoms with Crippen molar-refractivity contribution >= 4 is 0 Å². The Morgan fingerprint density at radius 2 is 1.80 bits per heavy atom. The van der Waals surface area contributed by atoms with Crippen molar-refractivity contribution in [2.24, 2.45) is 5.92 Å². The average molecular weight is 218 g/mol. The van der Waals surface area contributed by atoms with Crippen molar-refractivity contribution in [3.05, 3.63) is 0 Å². The fourth-order valence-corrected chi connectivity index (χ4v) is 2.49. The Labute approximate surface area is 93.6 Å². The lowest BCUT2D eigenvalue weighted by Gasteiger charge is -2.23. The van der Waals surface area contributed by atoms with E-state index >= 15 is 0 Å². The second-order valence-electron chi connectivity index (χ2n) is 4.63. The zero-order valence-corrected chi connectivity index (χ0v) is 10.4. The van der Waals surface area contributed by atoms with Gasteiger partial charge in [-0.15, -0.1) is 0 Å². The molecule has 1 heterocycles. The number of quaternary nitrogens is 4. The first-order valence-corrected chi connectivity index (χ1v) is 6.66. The molecule has 1 aliphatic rings. The largest absolute Gasteiger partial charge is 0.346 e. The van der Waals surface area contributed by atoms with Crippen molar-refractivity contribution in [1.82, 2.24) is 0 Å². The van der Waals surface area contributed by atoms with Crippen LogP contribution in [0.15, 0.2) is 0 Å². The lowest BCUT2D eigenvalue weighted by atomic mass is 9.98. The van der Waals surface area contributed by atoms with E-state index in [0.29, 0.717) is 0 Å². The Morgan fingerprint density at radius 3 is 2.47 bits per heavy atom. The number of likely N-dealkylation sites (N-methyl/N-ethyl adjacent to an activating group) is 1. The van der Waals surface area contributed by atoms with Crippen molar-refractivity contribution in [3.8, 4) is 0 Å². The highest BCUT2D eigenvalue weighted by Crippen LogP contribution is 1.92. The topological polar surface area (TPSA) is 66.4 Å². The van der Waals surface area contributed by atoms with Gasteiger partial charge in [-0.3, -0.25) is 0 Å². The highest BCUT2D eigenvalue weighted by molar-refractivity contribution is 4.65. The minimum absolute atomic E-state index is 0.828. The van der Waals surface area contributed by atoms with Gasteiger partial charge in [0.25, 0.3) is 0 Å². The molecule has 0 aromatic heterocycles. The van der Waals surface area contributed by atoms with Crippen molar-refractivity contribution in [2.75, 3.05) is 45.8 Å². The van der Waals surface area contributed by atoms with Crippen LogP contribution >= 0.6 is 0 Å². The summed E-state index contributed by atoms with van der Waals surface area (Å²) in [6.45, 7) is 13.5. The van der Waals surface area contributed by atoms with Gasteiger partial charge in [0.15, 0.2) is 0 Å². The van der Waals surface area contributed by atoms with Crippen LogP contribution < -0.4 is 21.3 Å². The maximum Gasteiger partial charge on any atom is 0.149 e. The molecule has 0 aliphatic carbocycles. The van der Waals surface area contributed by atoms with E-state index in [-0.39, 0.29) is 0 Å². The molecule has 0 bridgehead atoms. The van der Waals surface area contributed by atoms with E-state index in [1.165, 1.54) is 45.8 Å². The standard InChI is InChI=1S/C11H26N4/c1-3-12-7-10-8-13-5-6-14-9-11(10)15-4-2/h10-15H,3-9H2,1-2H3/p+4/t10-,11-/m0/s1. The monoisotopic (exact) mass is 218 g/mol. The first-order valence-electron chi connectivity index (χ1n) is 6.66. The molecule has 0 spiro atoms. The van der Waals surface area contributed by atoms with Gasteiger partial charge in [-0.05, 0) is 13.8 Å². The van der Waals surface area contributed by atoms with Crippen LogP contribution in [0.3, 0.4) is 0 Å². The van der Waals surface area contributed by atoms with Gasteiger partial charge in [0.05, 0.1) is 26.2 Å². The summed E-state index contributed by atoms with van der Waals surface area (Å²) < 4.78 is 0. The summed E-state index contributed by atoms with van der Waals surface area (Å²) >= 11 is 0. The molecule has 15 heavy (non-hydrogen) atoms. The van der Waals surface area contributed by atoms with Gasteiger partial charge in [-0.1, -0.05) is 0 Å². The number of hydrogen-bond donors (Lipinski definition) is 4. The first-order chi connectivity index (χ1) is 7.38. The summed E-state index contributed by atoms with van der Waals surface area (Å²) in [5.41, 5.74) is 0. The van der Waals surface area contributed by atoms with Crippen molar-refractivity contribution in [1.29, 1.82) is 0 Å². The molecule has 90 valence electrons. The molecule has 0 aromatic carbocycles. The van der Waals surface area contributed by atoms with E-state index in [1.54, 1.807) is 0 Å². The molecule has 0 aromatic rings. The van der Waals surface area contributed by atoms with Crippen LogP contribution in [0.4, 0.5) is 0 Å². The fraction of sp³-hybridized carbons (Fsp3) is 1.00. The van der Waals surface area contributed by atoms with E-state index < -0.39 is 0 Å². The van der Waals surface area contributed by atoms with Crippen molar-refractivity contribution in [2.45, 2.75) is 19.9 Å². The predicted molar refractivity (Wildman–Crippen MR) is 60.4 cm³/mol. The van der Waals surface area contributed by atoms with Gasteiger partial charge in [-0.2, -0.15) is 0 Å². The molecule has 1 rings (SSSR count). The molecule has 0 unspecified atom stereocenters. The lowest BCUT2D eigenvalue weighted by molar-refractivity contribution is -0.798. The molecular formula is C11H30N4+4. The van der Waals surface area contributed by atoms with Crippen LogP contribution in [0.1, 0.15) is 13.8 Å². The molecule has 0 radical (unpaired) electrons. The second-order valence-corrected chi connectivity index (χ2v) is 4.63. The molecule has 1 aliphatic heterocycles. The van der Waals surface area contributed by atoms with Gasteiger partial charge in [0.2, 0.25) is 0 Å². The van der Waals surface area contributed by atoms with Gasteiger partial charge in [0.1, 0.15) is 31.6 Å². The second kappa shape index (κ2) is 8.05. The van der Waals surface area contributed by atoms with Gasteiger partial charge in [0, 0.05) is 0 Å². The van der Waals surface area contributed by atoms with Gasteiger partial charge < -0.3 is 21.3 Å². The summed E-state index contributed by atoms with van der Waals surface area (Å²) in [5.74, 6) is 0.876. The Bertz CT molecular complexity index is 150. The van der Waals surface area contributed by atoms with Crippen LogP contribution in [0.2, 0.25) is 0 Å². The van der Waals surface area contributed by atoms with Crippen molar-refractivity contribution < 1.29 is 21.3 Å². The smallest absolute Gasteiger partial charge is 0.149 e. The zero-order valence-electron chi connectivity index (χ0n) is 10.4.